The number of hydrogen-bond acceptors (Lipinski definition) is 2. The van der Waals surface area contributed by atoms with Gasteiger partial charge in [0.25, 0.3) is 0 Å². The van der Waals surface area contributed by atoms with Crippen LogP contribution in [0.4, 0.5) is 11.4 Å². The fourth-order valence-corrected chi connectivity index (χ4v) is 2.15. The van der Waals surface area contributed by atoms with E-state index < -0.39 is 0 Å². The third-order valence-electron chi connectivity index (χ3n) is 3.05. The first-order chi connectivity index (χ1) is 7.11. The monoisotopic (exact) mass is 284 g/mol. The zero-order valence-electron chi connectivity index (χ0n) is 10.5. The van der Waals surface area contributed by atoms with E-state index >= 15 is 0 Å². The summed E-state index contributed by atoms with van der Waals surface area (Å²) >= 11 is 0. The van der Waals surface area contributed by atoms with Crippen LogP contribution in [0.3, 0.4) is 0 Å². The van der Waals surface area contributed by atoms with Gasteiger partial charge in [0, 0.05) is 12.1 Å². The maximum absolute atomic E-state index is 2.45. The molecule has 2 nitrogen and oxygen atoms in total. The molecule has 3 heteroatoms. The van der Waals surface area contributed by atoms with Gasteiger partial charge in [-0.2, -0.15) is 0 Å². The molecule has 16 heavy (non-hydrogen) atoms. The SMILES string of the molecule is Br.CC(C)N1CN(C(C)C)c2ccccc21. The Balaban J connectivity index is 0.00000128. The summed E-state index contributed by atoms with van der Waals surface area (Å²) in [6.07, 6.45) is 0. The Hall–Kier alpha value is -0.700. The third-order valence-corrected chi connectivity index (χ3v) is 3.05. The predicted molar refractivity (Wildman–Crippen MR) is 76.9 cm³/mol. The molecule has 0 atom stereocenters. The molecule has 0 unspecified atom stereocenters. The molecule has 0 saturated carbocycles. The molecule has 0 saturated heterocycles. The van der Waals surface area contributed by atoms with Crippen molar-refractivity contribution in [2.24, 2.45) is 0 Å². The summed E-state index contributed by atoms with van der Waals surface area (Å²) in [4.78, 5) is 4.91. The molecule has 90 valence electrons. The van der Waals surface area contributed by atoms with Gasteiger partial charge < -0.3 is 9.80 Å². The topological polar surface area (TPSA) is 6.48 Å². The third kappa shape index (κ3) is 2.19. The molecule has 1 aliphatic rings. The van der Waals surface area contributed by atoms with Gasteiger partial charge in [0.15, 0.2) is 0 Å². The van der Waals surface area contributed by atoms with Crippen molar-refractivity contribution >= 4 is 28.4 Å². The van der Waals surface area contributed by atoms with E-state index in [0.717, 1.165) is 6.67 Å². The number of nitrogens with zero attached hydrogens (tertiary/aromatic N) is 2. The molecule has 1 aromatic carbocycles. The molecule has 2 rings (SSSR count). The van der Waals surface area contributed by atoms with Gasteiger partial charge in [0.1, 0.15) is 0 Å². The van der Waals surface area contributed by atoms with Crippen molar-refractivity contribution < 1.29 is 0 Å². The molecule has 0 bridgehead atoms. The second kappa shape index (κ2) is 5.09. The first-order valence-electron chi connectivity index (χ1n) is 5.73. The minimum Gasteiger partial charge on any atom is -0.350 e. The van der Waals surface area contributed by atoms with Crippen LogP contribution in [-0.2, 0) is 0 Å². The molecule has 1 heterocycles. The number of para-hydroxylation sites is 2. The van der Waals surface area contributed by atoms with Crippen molar-refractivity contribution in [1.82, 2.24) is 0 Å². The number of anilines is 2. The van der Waals surface area contributed by atoms with E-state index in [1.807, 2.05) is 0 Å². The van der Waals surface area contributed by atoms with Gasteiger partial charge in [-0.25, -0.2) is 0 Å². The number of benzene rings is 1. The minimum atomic E-state index is 0. The minimum absolute atomic E-state index is 0. The van der Waals surface area contributed by atoms with E-state index in [2.05, 4.69) is 61.8 Å². The van der Waals surface area contributed by atoms with Gasteiger partial charge in [0.2, 0.25) is 0 Å². The Labute approximate surface area is 109 Å². The first kappa shape index (κ1) is 13.4. The molecular formula is C13H21BrN2. The summed E-state index contributed by atoms with van der Waals surface area (Å²) in [5.41, 5.74) is 2.75. The second-order valence-electron chi connectivity index (χ2n) is 4.76. The van der Waals surface area contributed by atoms with Crippen LogP contribution in [0.5, 0.6) is 0 Å². The molecule has 1 aromatic rings. The van der Waals surface area contributed by atoms with Crippen molar-refractivity contribution in [3.63, 3.8) is 0 Å². The van der Waals surface area contributed by atoms with Crippen LogP contribution in [0.15, 0.2) is 24.3 Å². The van der Waals surface area contributed by atoms with Gasteiger partial charge in [-0.05, 0) is 39.8 Å². The van der Waals surface area contributed by atoms with Gasteiger partial charge in [-0.3, -0.25) is 0 Å². The van der Waals surface area contributed by atoms with Gasteiger partial charge >= 0.3 is 0 Å². The maximum Gasteiger partial charge on any atom is 0.0909 e. The summed E-state index contributed by atoms with van der Waals surface area (Å²) < 4.78 is 0. The van der Waals surface area contributed by atoms with Crippen LogP contribution in [0.1, 0.15) is 27.7 Å². The first-order valence-corrected chi connectivity index (χ1v) is 5.73. The lowest BCUT2D eigenvalue weighted by atomic mass is 10.2. The van der Waals surface area contributed by atoms with Crippen molar-refractivity contribution in [1.29, 1.82) is 0 Å². The fraction of sp³-hybridized carbons (Fsp3) is 0.538. The predicted octanol–water partition coefficient (Wildman–Crippen LogP) is 3.67. The number of halogens is 1. The van der Waals surface area contributed by atoms with E-state index in [0.29, 0.717) is 12.1 Å². The smallest absolute Gasteiger partial charge is 0.0909 e. The summed E-state index contributed by atoms with van der Waals surface area (Å²) in [6, 6.07) is 9.82. The molecular weight excluding hydrogens is 264 g/mol. The molecule has 0 fully saturated rings. The van der Waals surface area contributed by atoms with Gasteiger partial charge in [-0.15, -0.1) is 17.0 Å². The second-order valence-corrected chi connectivity index (χ2v) is 4.76. The Morgan fingerprint density at radius 3 is 1.56 bits per heavy atom. The van der Waals surface area contributed by atoms with Gasteiger partial charge in [0.05, 0.1) is 18.0 Å². The average molecular weight is 285 g/mol. The lowest BCUT2D eigenvalue weighted by Crippen LogP contribution is -2.38. The van der Waals surface area contributed by atoms with Crippen LogP contribution in [0.2, 0.25) is 0 Å². The molecule has 0 aromatic heterocycles. The highest BCUT2D eigenvalue weighted by atomic mass is 79.9. The summed E-state index contributed by atoms with van der Waals surface area (Å²) in [7, 11) is 0. The van der Waals surface area contributed by atoms with Crippen LogP contribution >= 0.6 is 17.0 Å². The van der Waals surface area contributed by atoms with Crippen LogP contribution in [-0.4, -0.2) is 18.8 Å². The average Bonchev–Trinajstić information content (AvgIpc) is 2.56. The van der Waals surface area contributed by atoms with Gasteiger partial charge in [-0.1, -0.05) is 12.1 Å². The van der Waals surface area contributed by atoms with E-state index in [-0.39, 0.29) is 17.0 Å². The van der Waals surface area contributed by atoms with E-state index in [1.165, 1.54) is 11.4 Å². The zero-order chi connectivity index (χ0) is 11.0. The molecule has 0 amide bonds. The molecule has 1 aliphatic heterocycles. The lowest BCUT2D eigenvalue weighted by Gasteiger charge is -2.27. The Morgan fingerprint density at radius 1 is 0.875 bits per heavy atom. The number of rotatable bonds is 2. The fourth-order valence-electron chi connectivity index (χ4n) is 2.15. The molecule has 0 spiro atoms. The quantitative estimate of drug-likeness (QED) is 0.818. The van der Waals surface area contributed by atoms with Crippen molar-refractivity contribution in [3.05, 3.63) is 24.3 Å². The van der Waals surface area contributed by atoms with Crippen molar-refractivity contribution in [2.75, 3.05) is 16.5 Å². The zero-order valence-corrected chi connectivity index (χ0v) is 12.2. The van der Waals surface area contributed by atoms with Crippen molar-refractivity contribution in [3.8, 4) is 0 Å². The Bertz CT molecular complexity index is 317. The highest BCUT2D eigenvalue weighted by Crippen LogP contribution is 2.37. The van der Waals surface area contributed by atoms with Crippen LogP contribution in [0, 0.1) is 0 Å². The summed E-state index contributed by atoms with van der Waals surface area (Å²) in [5.74, 6) is 0. The molecule has 0 aliphatic carbocycles. The van der Waals surface area contributed by atoms with Crippen molar-refractivity contribution in [2.45, 2.75) is 39.8 Å². The summed E-state index contributed by atoms with van der Waals surface area (Å²) in [6.45, 7) is 10.0. The van der Waals surface area contributed by atoms with E-state index in [9.17, 15) is 0 Å². The maximum atomic E-state index is 2.45. The Morgan fingerprint density at radius 2 is 1.25 bits per heavy atom. The molecule has 0 radical (unpaired) electrons. The van der Waals surface area contributed by atoms with E-state index in [4.69, 9.17) is 0 Å². The number of hydrogen-bond donors (Lipinski definition) is 0. The highest BCUT2D eigenvalue weighted by molar-refractivity contribution is 8.93. The van der Waals surface area contributed by atoms with E-state index in [1.54, 1.807) is 0 Å². The normalized spacial score (nSPS) is 14.4. The highest BCUT2D eigenvalue weighted by Gasteiger charge is 2.28. The van der Waals surface area contributed by atoms with Crippen LogP contribution < -0.4 is 9.80 Å². The lowest BCUT2D eigenvalue weighted by molar-refractivity contribution is 0.641. The summed E-state index contributed by atoms with van der Waals surface area (Å²) in [5, 5.41) is 0. The Kier molecular flexibility index (Phi) is 4.25. The standard InChI is InChI=1S/C13H20N2.BrH/c1-10(2)14-9-15(11(3)4)13-8-6-5-7-12(13)14;/h5-8,10-11H,9H2,1-4H3;1H. The molecule has 0 N–H and O–H groups in total. The largest absolute Gasteiger partial charge is 0.350 e. The van der Waals surface area contributed by atoms with Crippen LogP contribution in [0.25, 0.3) is 0 Å². The number of fused-ring (bicyclic) bond motifs is 1.